The van der Waals surface area contributed by atoms with Gasteiger partial charge in [-0.15, -0.1) is 0 Å². The van der Waals surface area contributed by atoms with E-state index < -0.39 is 11.0 Å². The highest BCUT2D eigenvalue weighted by Gasteiger charge is 2.25. The van der Waals surface area contributed by atoms with Crippen LogP contribution in [0.4, 0.5) is 4.79 Å². The molecule has 0 saturated carbocycles. The lowest BCUT2D eigenvalue weighted by Gasteiger charge is -2.33. The van der Waals surface area contributed by atoms with Gasteiger partial charge in [-0.3, -0.25) is 9.69 Å². The molecule has 1 rings (SSSR count). The number of esters is 1. The number of rotatable bonds is 4. The number of piperidine rings is 1. The second kappa shape index (κ2) is 7.99. The second-order valence-electron chi connectivity index (χ2n) is 8.17. The molecule has 1 aliphatic heterocycles. The van der Waals surface area contributed by atoms with Crippen LogP contribution in [-0.4, -0.2) is 54.8 Å². The molecule has 1 unspecified atom stereocenters. The molecule has 0 aliphatic carbocycles. The molecule has 0 aromatic carbocycles. The number of nitrogens with zero attached hydrogens (tertiary/aromatic N) is 1. The van der Waals surface area contributed by atoms with Crippen molar-refractivity contribution in [3.63, 3.8) is 0 Å². The van der Waals surface area contributed by atoms with Gasteiger partial charge in [-0.05, 0) is 60.9 Å². The molecule has 1 aliphatic rings. The Morgan fingerprint density at radius 3 is 2.39 bits per heavy atom. The molecule has 1 atom stereocenters. The summed E-state index contributed by atoms with van der Waals surface area (Å²) >= 11 is 0. The van der Waals surface area contributed by atoms with Gasteiger partial charge in [-0.1, -0.05) is 0 Å². The summed E-state index contributed by atoms with van der Waals surface area (Å²) in [5.41, 5.74) is -0.956. The predicted molar refractivity (Wildman–Crippen MR) is 89.2 cm³/mol. The van der Waals surface area contributed by atoms with Crippen LogP contribution < -0.4 is 5.32 Å². The van der Waals surface area contributed by atoms with Crippen molar-refractivity contribution in [2.24, 2.45) is 5.41 Å². The summed E-state index contributed by atoms with van der Waals surface area (Å²) in [5, 5.41) is 2.92. The van der Waals surface area contributed by atoms with Crippen LogP contribution in [0.15, 0.2) is 0 Å². The van der Waals surface area contributed by atoms with E-state index in [1.807, 2.05) is 41.5 Å². The monoisotopic (exact) mass is 328 g/mol. The Bertz CT molecular complexity index is 410. The Morgan fingerprint density at radius 2 is 1.83 bits per heavy atom. The third-order valence-corrected chi connectivity index (χ3v) is 3.48. The van der Waals surface area contributed by atoms with Gasteiger partial charge in [0.05, 0.1) is 5.41 Å². The van der Waals surface area contributed by atoms with E-state index >= 15 is 0 Å². The van der Waals surface area contributed by atoms with Gasteiger partial charge < -0.3 is 14.8 Å². The normalized spacial score (nSPS) is 20.0. The first kappa shape index (κ1) is 19.7. The molecule has 0 bridgehead atoms. The first-order valence-electron chi connectivity index (χ1n) is 8.36. The largest absolute Gasteiger partial charge is 0.464 e. The number of alkyl carbamates (subject to hydrolysis) is 1. The second-order valence-corrected chi connectivity index (χ2v) is 8.17. The summed E-state index contributed by atoms with van der Waals surface area (Å²) < 4.78 is 10.6. The minimum atomic E-state index is -0.487. The van der Waals surface area contributed by atoms with Crippen LogP contribution >= 0.6 is 0 Å². The van der Waals surface area contributed by atoms with Gasteiger partial charge in [0.1, 0.15) is 12.2 Å². The lowest BCUT2D eigenvalue weighted by Crippen LogP contribution is -2.49. The number of nitrogens with one attached hydrogen (secondary N) is 1. The van der Waals surface area contributed by atoms with Crippen LogP contribution in [0.25, 0.3) is 0 Å². The standard InChI is InChI=1S/C17H32N2O4/c1-16(2,3)14(20)22-11-10-19-9-7-8-13(12-19)18-15(21)23-17(4,5)6/h13H,7-12H2,1-6H3,(H,18,21). The zero-order valence-corrected chi connectivity index (χ0v) is 15.4. The molecule has 1 amide bonds. The lowest BCUT2D eigenvalue weighted by molar-refractivity contribution is -0.153. The molecular formula is C17H32N2O4. The van der Waals surface area contributed by atoms with Crippen molar-refractivity contribution in [2.75, 3.05) is 26.2 Å². The van der Waals surface area contributed by atoms with Crippen molar-refractivity contribution in [3.05, 3.63) is 0 Å². The summed E-state index contributed by atoms with van der Waals surface area (Å²) in [4.78, 5) is 25.8. The van der Waals surface area contributed by atoms with E-state index in [-0.39, 0.29) is 18.1 Å². The summed E-state index contributed by atoms with van der Waals surface area (Å²) in [6.45, 7) is 13.9. The maximum absolute atomic E-state index is 11.8. The van der Waals surface area contributed by atoms with Crippen LogP contribution in [0, 0.1) is 5.41 Å². The minimum Gasteiger partial charge on any atom is -0.464 e. The fourth-order valence-electron chi connectivity index (χ4n) is 2.33. The van der Waals surface area contributed by atoms with E-state index in [1.165, 1.54) is 0 Å². The van der Waals surface area contributed by atoms with Gasteiger partial charge in [0.25, 0.3) is 0 Å². The molecule has 23 heavy (non-hydrogen) atoms. The van der Waals surface area contributed by atoms with Gasteiger partial charge in [0, 0.05) is 19.1 Å². The summed E-state index contributed by atoms with van der Waals surface area (Å²) in [6.07, 6.45) is 1.58. The van der Waals surface area contributed by atoms with Gasteiger partial charge in [-0.2, -0.15) is 0 Å². The van der Waals surface area contributed by atoms with E-state index in [4.69, 9.17) is 9.47 Å². The fraction of sp³-hybridized carbons (Fsp3) is 0.882. The molecule has 0 spiro atoms. The fourth-order valence-corrected chi connectivity index (χ4v) is 2.33. The maximum atomic E-state index is 11.8. The number of carbonyl (C=O) groups excluding carboxylic acids is 2. The molecule has 1 heterocycles. The summed E-state index contributed by atoms with van der Waals surface area (Å²) in [7, 11) is 0. The van der Waals surface area contributed by atoms with E-state index in [9.17, 15) is 9.59 Å². The predicted octanol–water partition coefficient (Wildman–Crippen LogP) is 2.56. The average Bonchev–Trinajstić information content (AvgIpc) is 2.35. The summed E-state index contributed by atoms with van der Waals surface area (Å²) in [6, 6.07) is 0.0805. The number of carbonyl (C=O) groups is 2. The van der Waals surface area contributed by atoms with Crippen LogP contribution in [0.2, 0.25) is 0 Å². The van der Waals surface area contributed by atoms with Crippen LogP contribution in [0.3, 0.4) is 0 Å². The van der Waals surface area contributed by atoms with Crippen molar-refractivity contribution in [1.82, 2.24) is 10.2 Å². The first-order chi connectivity index (χ1) is 10.5. The highest BCUT2D eigenvalue weighted by molar-refractivity contribution is 5.75. The molecule has 6 heteroatoms. The molecule has 1 fully saturated rings. The molecular weight excluding hydrogens is 296 g/mol. The third-order valence-electron chi connectivity index (χ3n) is 3.48. The average molecular weight is 328 g/mol. The molecule has 6 nitrogen and oxygen atoms in total. The summed E-state index contributed by atoms with van der Waals surface area (Å²) in [5.74, 6) is -0.182. The Balaban J connectivity index is 2.32. The number of amides is 1. The number of hydrogen-bond acceptors (Lipinski definition) is 5. The topological polar surface area (TPSA) is 67.9 Å². The van der Waals surface area contributed by atoms with E-state index in [1.54, 1.807) is 0 Å². The van der Waals surface area contributed by atoms with Gasteiger partial charge in [0.15, 0.2) is 0 Å². The van der Waals surface area contributed by atoms with Crippen molar-refractivity contribution in [3.8, 4) is 0 Å². The Morgan fingerprint density at radius 1 is 1.17 bits per heavy atom. The van der Waals surface area contributed by atoms with E-state index in [0.717, 1.165) is 25.9 Å². The van der Waals surface area contributed by atoms with Gasteiger partial charge in [-0.25, -0.2) is 4.79 Å². The molecule has 0 radical (unpaired) electrons. The smallest absolute Gasteiger partial charge is 0.407 e. The van der Waals surface area contributed by atoms with Crippen molar-refractivity contribution < 1.29 is 19.1 Å². The Kier molecular flexibility index (Phi) is 6.86. The van der Waals surface area contributed by atoms with E-state index in [2.05, 4.69) is 10.2 Å². The SMILES string of the molecule is CC(C)(C)OC(=O)NC1CCCN(CCOC(=O)C(C)(C)C)C1. The molecule has 1 N–H and O–H groups in total. The highest BCUT2D eigenvalue weighted by Crippen LogP contribution is 2.16. The van der Waals surface area contributed by atoms with Gasteiger partial charge >= 0.3 is 12.1 Å². The zero-order valence-electron chi connectivity index (χ0n) is 15.4. The van der Waals surface area contributed by atoms with Crippen LogP contribution in [0.1, 0.15) is 54.4 Å². The van der Waals surface area contributed by atoms with Crippen molar-refractivity contribution >= 4 is 12.1 Å². The van der Waals surface area contributed by atoms with Crippen LogP contribution in [0.5, 0.6) is 0 Å². The molecule has 0 aromatic heterocycles. The van der Waals surface area contributed by atoms with Crippen LogP contribution in [-0.2, 0) is 14.3 Å². The minimum absolute atomic E-state index is 0.0805. The van der Waals surface area contributed by atoms with Crippen molar-refractivity contribution in [1.29, 1.82) is 0 Å². The number of likely N-dealkylation sites (tertiary alicyclic amines) is 1. The van der Waals surface area contributed by atoms with Gasteiger partial charge in [0.2, 0.25) is 0 Å². The maximum Gasteiger partial charge on any atom is 0.407 e. The highest BCUT2D eigenvalue weighted by atomic mass is 16.6. The molecule has 134 valence electrons. The molecule has 0 aromatic rings. The Hall–Kier alpha value is -1.30. The third kappa shape index (κ3) is 8.21. The van der Waals surface area contributed by atoms with E-state index in [0.29, 0.717) is 13.2 Å². The quantitative estimate of drug-likeness (QED) is 0.803. The zero-order chi connectivity index (χ0) is 17.7. The lowest BCUT2D eigenvalue weighted by atomic mass is 9.97. The first-order valence-corrected chi connectivity index (χ1v) is 8.36. The number of hydrogen-bond donors (Lipinski definition) is 1. The molecule has 1 saturated heterocycles. The number of ether oxygens (including phenoxy) is 2. The Labute approximate surface area is 139 Å². The van der Waals surface area contributed by atoms with Crippen molar-refractivity contribution in [2.45, 2.75) is 66.0 Å².